The van der Waals surface area contributed by atoms with Crippen molar-refractivity contribution >= 4 is 21.4 Å². The molecule has 116 valence electrons. The van der Waals surface area contributed by atoms with Crippen LogP contribution in [-0.4, -0.2) is 28.6 Å². The van der Waals surface area contributed by atoms with Crippen LogP contribution in [0, 0.1) is 6.92 Å². The maximum atomic E-state index is 13.0. The molecule has 0 saturated carbocycles. The van der Waals surface area contributed by atoms with E-state index in [1.807, 2.05) is 50.4 Å². The van der Waals surface area contributed by atoms with Crippen molar-refractivity contribution in [3.05, 3.63) is 54.1 Å². The lowest BCUT2D eigenvalue weighted by Gasteiger charge is -2.25. The second-order valence-corrected chi connectivity index (χ2v) is 7.52. The molecule has 22 heavy (non-hydrogen) atoms. The summed E-state index contributed by atoms with van der Waals surface area (Å²) < 4.78 is 27.6. The lowest BCUT2D eigenvalue weighted by Crippen LogP contribution is -2.31. The normalized spacial score (nSPS) is 15.4. The Kier molecular flexibility index (Phi) is 3.83. The van der Waals surface area contributed by atoms with Gasteiger partial charge in [0.1, 0.15) is 0 Å². The van der Waals surface area contributed by atoms with Gasteiger partial charge in [-0.05, 0) is 37.6 Å². The number of benzene rings is 2. The summed E-state index contributed by atoms with van der Waals surface area (Å²) >= 11 is 0. The monoisotopic (exact) mass is 316 g/mol. The third-order valence-electron chi connectivity index (χ3n) is 4.03. The molecule has 1 aliphatic heterocycles. The predicted octanol–water partition coefficient (Wildman–Crippen LogP) is 3.03. The number of hydrogen-bond acceptors (Lipinski definition) is 3. The number of anilines is 2. The van der Waals surface area contributed by atoms with E-state index < -0.39 is 10.0 Å². The third-order valence-corrected chi connectivity index (χ3v) is 5.85. The average Bonchev–Trinajstić information content (AvgIpc) is 2.68. The van der Waals surface area contributed by atoms with Gasteiger partial charge in [-0.3, -0.25) is 4.31 Å². The number of sulfonamides is 1. The summed E-state index contributed by atoms with van der Waals surface area (Å²) in [5.41, 5.74) is 2.76. The maximum Gasteiger partial charge on any atom is 0.264 e. The van der Waals surface area contributed by atoms with Gasteiger partial charge in [0.05, 0.1) is 16.3 Å². The van der Waals surface area contributed by atoms with Crippen molar-refractivity contribution in [1.29, 1.82) is 0 Å². The lowest BCUT2D eigenvalue weighted by molar-refractivity contribution is 0.590. The lowest BCUT2D eigenvalue weighted by atomic mass is 10.2. The van der Waals surface area contributed by atoms with Gasteiger partial charge in [0.25, 0.3) is 10.0 Å². The van der Waals surface area contributed by atoms with Crippen LogP contribution < -0.4 is 9.21 Å². The molecule has 0 bridgehead atoms. The highest BCUT2D eigenvalue weighted by molar-refractivity contribution is 7.92. The third kappa shape index (κ3) is 2.57. The van der Waals surface area contributed by atoms with E-state index in [9.17, 15) is 8.42 Å². The summed E-state index contributed by atoms with van der Waals surface area (Å²) in [6.07, 6.45) is 0.802. The highest BCUT2D eigenvalue weighted by Gasteiger charge is 2.29. The molecule has 0 fully saturated rings. The van der Waals surface area contributed by atoms with E-state index in [2.05, 4.69) is 4.90 Å². The van der Waals surface area contributed by atoms with E-state index in [0.29, 0.717) is 11.4 Å². The maximum absolute atomic E-state index is 13.0. The first-order valence-corrected chi connectivity index (χ1v) is 8.84. The quantitative estimate of drug-likeness (QED) is 0.855. The van der Waals surface area contributed by atoms with Crippen LogP contribution in [0.25, 0.3) is 0 Å². The van der Waals surface area contributed by atoms with E-state index in [0.717, 1.165) is 29.9 Å². The SMILES string of the molecule is Cc1ccc(S(=O)(=O)N2CCCN(C)c3ccccc32)cc1. The standard InChI is InChI=1S/C17H20N2O2S/c1-14-8-10-15(11-9-14)22(20,21)19-13-5-12-18(2)16-6-3-4-7-17(16)19/h3-4,6-11H,5,12-13H2,1-2H3. The van der Waals surface area contributed by atoms with Crippen LogP contribution >= 0.6 is 0 Å². The summed E-state index contributed by atoms with van der Waals surface area (Å²) in [4.78, 5) is 2.46. The Hall–Kier alpha value is -2.01. The van der Waals surface area contributed by atoms with E-state index in [4.69, 9.17) is 0 Å². The van der Waals surface area contributed by atoms with Crippen LogP contribution in [0.4, 0.5) is 11.4 Å². The van der Waals surface area contributed by atoms with Gasteiger partial charge < -0.3 is 4.90 Å². The molecule has 0 amide bonds. The summed E-state index contributed by atoms with van der Waals surface area (Å²) in [7, 11) is -1.53. The molecule has 1 aliphatic rings. The van der Waals surface area contributed by atoms with Crippen molar-refractivity contribution in [3.8, 4) is 0 Å². The number of fused-ring (bicyclic) bond motifs is 1. The predicted molar refractivity (Wildman–Crippen MR) is 90.0 cm³/mol. The van der Waals surface area contributed by atoms with Gasteiger partial charge in [-0.1, -0.05) is 29.8 Å². The fourth-order valence-electron chi connectivity index (χ4n) is 2.78. The second-order valence-electron chi connectivity index (χ2n) is 5.65. The average molecular weight is 316 g/mol. The molecule has 0 aromatic heterocycles. The zero-order valence-corrected chi connectivity index (χ0v) is 13.7. The number of para-hydroxylation sites is 2. The first-order chi connectivity index (χ1) is 10.5. The minimum atomic E-state index is -3.53. The van der Waals surface area contributed by atoms with Crippen LogP contribution in [0.3, 0.4) is 0 Å². The topological polar surface area (TPSA) is 40.6 Å². The van der Waals surface area contributed by atoms with Crippen LogP contribution in [-0.2, 0) is 10.0 Å². The number of hydrogen-bond donors (Lipinski definition) is 0. The first kappa shape index (κ1) is 14.9. The van der Waals surface area contributed by atoms with Crippen molar-refractivity contribution in [1.82, 2.24) is 0 Å². The van der Waals surface area contributed by atoms with Gasteiger partial charge in [0.15, 0.2) is 0 Å². The molecule has 0 saturated heterocycles. The molecule has 0 aliphatic carbocycles. The fraction of sp³-hybridized carbons (Fsp3) is 0.294. The molecule has 0 atom stereocenters. The number of rotatable bonds is 2. The molecular weight excluding hydrogens is 296 g/mol. The van der Waals surface area contributed by atoms with Gasteiger partial charge >= 0.3 is 0 Å². The Labute approximate surface area is 132 Å². The molecule has 0 spiro atoms. The van der Waals surface area contributed by atoms with Crippen molar-refractivity contribution < 1.29 is 8.42 Å². The molecule has 3 rings (SSSR count). The fourth-order valence-corrected chi connectivity index (χ4v) is 4.29. The van der Waals surface area contributed by atoms with Crippen LogP contribution in [0.5, 0.6) is 0 Å². The highest BCUT2D eigenvalue weighted by Crippen LogP contribution is 2.34. The zero-order chi connectivity index (χ0) is 15.7. The van der Waals surface area contributed by atoms with Gasteiger partial charge in [0.2, 0.25) is 0 Å². The van der Waals surface area contributed by atoms with E-state index in [1.54, 1.807) is 12.1 Å². The Morgan fingerprint density at radius 1 is 0.909 bits per heavy atom. The molecule has 0 radical (unpaired) electrons. The summed E-state index contributed by atoms with van der Waals surface area (Å²) in [5.74, 6) is 0. The number of aryl methyl sites for hydroxylation is 1. The van der Waals surface area contributed by atoms with Crippen LogP contribution in [0.2, 0.25) is 0 Å². The number of nitrogens with zero attached hydrogens (tertiary/aromatic N) is 2. The van der Waals surface area contributed by atoms with Crippen molar-refractivity contribution in [2.24, 2.45) is 0 Å². The van der Waals surface area contributed by atoms with Gasteiger partial charge in [0, 0.05) is 20.1 Å². The minimum Gasteiger partial charge on any atom is -0.373 e. The van der Waals surface area contributed by atoms with Crippen LogP contribution in [0.15, 0.2) is 53.4 Å². The van der Waals surface area contributed by atoms with Gasteiger partial charge in [-0.25, -0.2) is 8.42 Å². The molecule has 2 aromatic carbocycles. The van der Waals surface area contributed by atoms with Gasteiger partial charge in [-0.2, -0.15) is 0 Å². The summed E-state index contributed by atoms with van der Waals surface area (Å²) in [5, 5.41) is 0. The van der Waals surface area contributed by atoms with E-state index in [-0.39, 0.29) is 0 Å². The zero-order valence-electron chi connectivity index (χ0n) is 12.9. The van der Waals surface area contributed by atoms with Crippen molar-refractivity contribution in [2.45, 2.75) is 18.2 Å². The molecule has 4 nitrogen and oxygen atoms in total. The Bertz CT molecular complexity index is 770. The van der Waals surface area contributed by atoms with E-state index >= 15 is 0 Å². The second kappa shape index (κ2) is 5.65. The molecule has 1 heterocycles. The van der Waals surface area contributed by atoms with E-state index in [1.165, 1.54) is 4.31 Å². The smallest absolute Gasteiger partial charge is 0.264 e. The van der Waals surface area contributed by atoms with Gasteiger partial charge in [-0.15, -0.1) is 0 Å². The molecule has 2 aromatic rings. The highest BCUT2D eigenvalue weighted by atomic mass is 32.2. The Morgan fingerprint density at radius 3 is 2.23 bits per heavy atom. The van der Waals surface area contributed by atoms with Crippen LogP contribution in [0.1, 0.15) is 12.0 Å². The molecule has 0 N–H and O–H groups in total. The van der Waals surface area contributed by atoms with Crippen molar-refractivity contribution in [3.63, 3.8) is 0 Å². The minimum absolute atomic E-state index is 0.345. The summed E-state index contributed by atoms with van der Waals surface area (Å²) in [6.45, 7) is 3.29. The summed E-state index contributed by atoms with van der Waals surface area (Å²) in [6, 6.07) is 14.7. The first-order valence-electron chi connectivity index (χ1n) is 7.40. The molecule has 0 unspecified atom stereocenters. The van der Waals surface area contributed by atoms with Crippen molar-refractivity contribution in [2.75, 3.05) is 29.3 Å². The molecule has 5 heteroatoms. The Morgan fingerprint density at radius 2 is 1.55 bits per heavy atom. The largest absolute Gasteiger partial charge is 0.373 e. The Balaban J connectivity index is 2.10. The molecular formula is C17H20N2O2S.